The number of rotatable bonds is 4. The minimum absolute atomic E-state index is 0.466. The van der Waals surface area contributed by atoms with E-state index in [2.05, 4.69) is 35.2 Å². The first kappa shape index (κ1) is 17.8. The first-order valence-corrected chi connectivity index (χ1v) is 9.82. The van der Waals surface area contributed by atoms with Crippen molar-refractivity contribution in [3.8, 4) is 17.2 Å². The fourth-order valence-corrected chi connectivity index (χ4v) is 4.42. The van der Waals surface area contributed by atoms with Crippen LogP contribution in [0.15, 0.2) is 36.4 Å². The highest BCUT2D eigenvalue weighted by Crippen LogP contribution is 2.40. The molecule has 3 heteroatoms. The molecule has 4 rings (SSSR count). The molecular formula is C24H24N2O. The van der Waals surface area contributed by atoms with E-state index in [9.17, 15) is 5.26 Å². The molecule has 2 fully saturated rings. The number of nitrogens with zero attached hydrogens (tertiary/aromatic N) is 2. The summed E-state index contributed by atoms with van der Waals surface area (Å²) in [5, 5.41) is 9.39. The summed E-state index contributed by atoms with van der Waals surface area (Å²) in [4.78, 5) is 3.65. The zero-order valence-corrected chi connectivity index (χ0v) is 15.7. The molecule has 2 aromatic rings. The third-order valence-electron chi connectivity index (χ3n) is 6.15. The molecule has 0 bridgehead atoms. The number of nitriles is 1. The predicted molar refractivity (Wildman–Crippen MR) is 107 cm³/mol. The maximum absolute atomic E-state index is 9.39. The van der Waals surface area contributed by atoms with Crippen LogP contribution in [-0.2, 0) is 4.74 Å². The van der Waals surface area contributed by atoms with Crippen molar-refractivity contribution in [2.75, 3.05) is 6.61 Å². The molecule has 1 heterocycles. The first-order valence-electron chi connectivity index (χ1n) is 9.82. The van der Waals surface area contributed by atoms with E-state index in [1.54, 1.807) is 0 Å². The third-order valence-corrected chi connectivity index (χ3v) is 6.15. The van der Waals surface area contributed by atoms with Gasteiger partial charge >= 0.3 is 0 Å². The van der Waals surface area contributed by atoms with Gasteiger partial charge in [0.15, 0.2) is 0 Å². The van der Waals surface area contributed by atoms with Gasteiger partial charge < -0.3 is 4.74 Å². The molecule has 2 aliphatic rings. The number of hydrogen-bond acceptors (Lipinski definition) is 2. The lowest BCUT2D eigenvalue weighted by molar-refractivity contribution is 0.276. The number of benzene rings is 2. The van der Waals surface area contributed by atoms with Crippen molar-refractivity contribution in [1.29, 1.82) is 5.26 Å². The Bertz CT molecular complexity index is 905. The van der Waals surface area contributed by atoms with Gasteiger partial charge in [-0.15, -0.1) is 0 Å². The first-order chi connectivity index (χ1) is 13.2. The fraction of sp³-hybridized carbons (Fsp3) is 0.417. The summed E-state index contributed by atoms with van der Waals surface area (Å²) in [5.74, 6) is 1.48. The Labute approximate surface area is 161 Å². The zero-order valence-electron chi connectivity index (χ0n) is 15.7. The third kappa shape index (κ3) is 3.75. The molecule has 136 valence electrons. The van der Waals surface area contributed by atoms with Gasteiger partial charge in [0.25, 0.3) is 0 Å². The molecule has 1 aliphatic carbocycles. The number of aryl methyl sites for hydroxylation is 1. The minimum Gasteiger partial charge on any atom is -0.373 e. The molecule has 0 N–H and O–H groups in total. The van der Waals surface area contributed by atoms with E-state index in [1.807, 2.05) is 19.1 Å². The van der Waals surface area contributed by atoms with Crippen LogP contribution in [0, 0.1) is 30.7 Å². The average molecular weight is 356 g/mol. The van der Waals surface area contributed by atoms with E-state index in [0.29, 0.717) is 23.3 Å². The lowest BCUT2D eigenvalue weighted by Crippen LogP contribution is -2.14. The Morgan fingerprint density at radius 2 is 1.81 bits per heavy atom. The Hall–Kier alpha value is -2.62. The van der Waals surface area contributed by atoms with Crippen molar-refractivity contribution in [3.63, 3.8) is 0 Å². The number of epoxide rings is 1. The van der Waals surface area contributed by atoms with Crippen LogP contribution in [0.1, 0.15) is 54.7 Å². The molecule has 0 radical (unpaired) electrons. The van der Waals surface area contributed by atoms with Gasteiger partial charge in [-0.05, 0) is 73.1 Å². The predicted octanol–water partition coefficient (Wildman–Crippen LogP) is 6.15. The Morgan fingerprint density at radius 3 is 2.41 bits per heavy atom. The lowest BCUT2D eigenvalue weighted by atomic mass is 9.77. The lowest BCUT2D eigenvalue weighted by Gasteiger charge is -2.28. The second kappa shape index (κ2) is 7.55. The quantitative estimate of drug-likeness (QED) is 0.487. The highest BCUT2D eigenvalue weighted by atomic mass is 16.6. The van der Waals surface area contributed by atoms with Gasteiger partial charge in [0.2, 0.25) is 5.69 Å². The molecule has 1 saturated carbocycles. The molecule has 0 amide bonds. The standard InChI is InChI=1S/C24H24N2O/c1-16-3-12-22(24(26-2)23(16)14-25)20-10-8-19(9-11-20)18-6-4-17(5-7-18)13-21-15-27-21/h3,8-12,17-18,21H,4-7,13,15H2,1H3. The molecule has 1 atom stereocenters. The summed E-state index contributed by atoms with van der Waals surface area (Å²) in [5.41, 5.74) is 5.08. The number of ether oxygens (including phenoxy) is 1. The monoisotopic (exact) mass is 356 g/mol. The maximum Gasteiger partial charge on any atom is 0.212 e. The Kier molecular flexibility index (Phi) is 4.97. The van der Waals surface area contributed by atoms with Gasteiger partial charge in [-0.3, -0.25) is 0 Å². The van der Waals surface area contributed by atoms with Gasteiger partial charge in [-0.1, -0.05) is 36.4 Å². The molecule has 1 saturated heterocycles. The van der Waals surface area contributed by atoms with E-state index in [-0.39, 0.29) is 0 Å². The summed E-state index contributed by atoms with van der Waals surface area (Å²) in [7, 11) is 0. The van der Waals surface area contributed by atoms with Crippen molar-refractivity contribution < 1.29 is 4.74 Å². The summed E-state index contributed by atoms with van der Waals surface area (Å²) >= 11 is 0. The molecule has 2 aromatic carbocycles. The minimum atomic E-state index is 0.466. The molecule has 27 heavy (non-hydrogen) atoms. The van der Waals surface area contributed by atoms with Crippen LogP contribution < -0.4 is 0 Å². The Morgan fingerprint density at radius 1 is 1.11 bits per heavy atom. The highest BCUT2D eigenvalue weighted by molar-refractivity contribution is 5.83. The van der Waals surface area contributed by atoms with Crippen LogP contribution in [0.4, 0.5) is 5.69 Å². The summed E-state index contributed by atoms with van der Waals surface area (Å²) in [6, 6.07) is 14.7. The highest BCUT2D eigenvalue weighted by Gasteiger charge is 2.29. The van der Waals surface area contributed by atoms with Crippen LogP contribution in [0.5, 0.6) is 0 Å². The van der Waals surface area contributed by atoms with Crippen molar-refractivity contribution in [2.24, 2.45) is 5.92 Å². The van der Waals surface area contributed by atoms with Crippen LogP contribution >= 0.6 is 0 Å². The van der Waals surface area contributed by atoms with E-state index in [1.165, 1.54) is 37.7 Å². The summed E-state index contributed by atoms with van der Waals surface area (Å²) in [6.45, 7) is 10.4. The van der Waals surface area contributed by atoms with Crippen LogP contribution in [-0.4, -0.2) is 12.7 Å². The normalized spacial score (nSPS) is 24.0. The topological polar surface area (TPSA) is 40.7 Å². The van der Waals surface area contributed by atoms with Crippen LogP contribution in [0.2, 0.25) is 0 Å². The van der Waals surface area contributed by atoms with Crippen molar-refractivity contribution in [1.82, 2.24) is 0 Å². The Balaban J connectivity index is 1.50. The SMILES string of the molecule is [C-]#[N+]c1c(-c2ccc(C3CCC(CC4CO4)CC3)cc2)ccc(C)c1C#N. The van der Waals surface area contributed by atoms with Gasteiger partial charge in [0.1, 0.15) is 0 Å². The van der Waals surface area contributed by atoms with Crippen molar-refractivity contribution in [2.45, 2.75) is 51.0 Å². The maximum atomic E-state index is 9.39. The molecule has 0 aromatic heterocycles. The van der Waals surface area contributed by atoms with E-state index < -0.39 is 0 Å². The summed E-state index contributed by atoms with van der Waals surface area (Å²) < 4.78 is 5.38. The zero-order chi connectivity index (χ0) is 18.8. The van der Waals surface area contributed by atoms with E-state index in [4.69, 9.17) is 11.3 Å². The number of hydrogen-bond donors (Lipinski definition) is 0. The molecule has 1 aliphatic heterocycles. The fourth-order valence-electron chi connectivity index (χ4n) is 4.42. The van der Waals surface area contributed by atoms with E-state index >= 15 is 0 Å². The largest absolute Gasteiger partial charge is 0.373 e. The van der Waals surface area contributed by atoms with Gasteiger partial charge in [-0.2, -0.15) is 5.26 Å². The second-order valence-electron chi connectivity index (χ2n) is 7.91. The van der Waals surface area contributed by atoms with Crippen molar-refractivity contribution in [3.05, 3.63) is 64.5 Å². The van der Waals surface area contributed by atoms with Crippen LogP contribution in [0.3, 0.4) is 0 Å². The average Bonchev–Trinajstić information content (AvgIpc) is 3.52. The van der Waals surface area contributed by atoms with Crippen molar-refractivity contribution >= 4 is 5.69 Å². The molecule has 1 unspecified atom stereocenters. The molecular weight excluding hydrogens is 332 g/mol. The van der Waals surface area contributed by atoms with Crippen LogP contribution in [0.25, 0.3) is 16.0 Å². The molecule has 0 spiro atoms. The van der Waals surface area contributed by atoms with Gasteiger partial charge in [0, 0.05) is 0 Å². The molecule has 3 nitrogen and oxygen atoms in total. The van der Waals surface area contributed by atoms with Gasteiger partial charge in [0.05, 0.1) is 30.9 Å². The smallest absolute Gasteiger partial charge is 0.212 e. The van der Waals surface area contributed by atoms with Gasteiger partial charge in [-0.25, -0.2) is 4.85 Å². The van der Waals surface area contributed by atoms with E-state index in [0.717, 1.165) is 29.2 Å². The second-order valence-corrected chi connectivity index (χ2v) is 7.91. The summed E-state index contributed by atoms with van der Waals surface area (Å²) in [6.07, 6.45) is 6.92.